The maximum Gasteiger partial charge on any atom is 0.0405 e. The molecule has 0 saturated carbocycles. The van der Waals surface area contributed by atoms with Gasteiger partial charge in [-0.3, -0.25) is 0 Å². The van der Waals surface area contributed by atoms with Crippen LogP contribution in [0.2, 0.25) is 0 Å². The van der Waals surface area contributed by atoms with Gasteiger partial charge in [0.1, 0.15) is 0 Å². The second-order valence-corrected chi connectivity index (χ2v) is 4.24. The van der Waals surface area contributed by atoms with Gasteiger partial charge in [-0.25, -0.2) is 0 Å². The molecule has 70 valence electrons. The van der Waals surface area contributed by atoms with Crippen molar-refractivity contribution in [2.24, 2.45) is 5.92 Å². The molecule has 0 radical (unpaired) electrons. The van der Waals surface area contributed by atoms with Gasteiger partial charge < -0.3 is 5.32 Å². The first-order valence-electron chi connectivity index (χ1n) is 5.01. The zero-order valence-electron chi connectivity index (χ0n) is 8.65. The minimum absolute atomic E-state index is 0.771. The Bertz CT molecular complexity index is 328. The van der Waals surface area contributed by atoms with Gasteiger partial charge in [0, 0.05) is 12.2 Å². The minimum Gasteiger partial charge on any atom is -0.384 e. The number of aryl methyl sites for hydroxylation is 2. The molecule has 0 spiro atoms. The molecular formula is C12H17N. The van der Waals surface area contributed by atoms with Crippen molar-refractivity contribution < 1.29 is 0 Å². The zero-order valence-corrected chi connectivity index (χ0v) is 8.65. The molecule has 0 amide bonds. The van der Waals surface area contributed by atoms with E-state index in [0.29, 0.717) is 0 Å². The molecule has 1 aliphatic rings. The van der Waals surface area contributed by atoms with Gasteiger partial charge in [-0.2, -0.15) is 0 Å². The molecule has 0 bridgehead atoms. The summed E-state index contributed by atoms with van der Waals surface area (Å²) in [5, 5.41) is 3.52. The maximum atomic E-state index is 3.52. The van der Waals surface area contributed by atoms with Crippen molar-refractivity contribution in [2.45, 2.75) is 27.2 Å². The third kappa shape index (κ3) is 1.43. The van der Waals surface area contributed by atoms with Gasteiger partial charge in [0.2, 0.25) is 0 Å². The Morgan fingerprint density at radius 1 is 1.23 bits per heavy atom. The van der Waals surface area contributed by atoms with Crippen molar-refractivity contribution in [1.82, 2.24) is 0 Å². The fraction of sp³-hybridized carbons (Fsp3) is 0.500. The third-order valence-electron chi connectivity index (χ3n) is 2.94. The molecule has 1 atom stereocenters. The van der Waals surface area contributed by atoms with Crippen molar-refractivity contribution in [3.05, 3.63) is 28.8 Å². The Hall–Kier alpha value is -0.980. The van der Waals surface area contributed by atoms with Crippen LogP contribution in [0.15, 0.2) is 12.1 Å². The zero-order chi connectivity index (χ0) is 9.42. The van der Waals surface area contributed by atoms with E-state index < -0.39 is 0 Å². The van der Waals surface area contributed by atoms with Gasteiger partial charge >= 0.3 is 0 Å². The van der Waals surface area contributed by atoms with Crippen molar-refractivity contribution in [2.75, 3.05) is 11.9 Å². The highest BCUT2D eigenvalue weighted by molar-refractivity contribution is 5.61. The number of hydrogen-bond acceptors (Lipinski definition) is 1. The van der Waals surface area contributed by atoms with Gasteiger partial charge in [0.15, 0.2) is 0 Å². The van der Waals surface area contributed by atoms with Crippen molar-refractivity contribution >= 4 is 5.69 Å². The number of hydrogen-bond donors (Lipinski definition) is 1. The van der Waals surface area contributed by atoms with Gasteiger partial charge in [0.05, 0.1) is 0 Å². The van der Waals surface area contributed by atoms with Crippen LogP contribution in [0.25, 0.3) is 0 Å². The molecule has 1 unspecified atom stereocenters. The number of nitrogens with one attached hydrogen (secondary N) is 1. The van der Waals surface area contributed by atoms with E-state index in [1.165, 1.54) is 28.8 Å². The number of anilines is 1. The van der Waals surface area contributed by atoms with Crippen molar-refractivity contribution in [1.29, 1.82) is 0 Å². The summed E-state index contributed by atoms with van der Waals surface area (Å²) in [6.07, 6.45) is 1.23. The summed E-state index contributed by atoms with van der Waals surface area (Å²) < 4.78 is 0. The van der Waals surface area contributed by atoms with Gasteiger partial charge in [-0.15, -0.1) is 0 Å². The first kappa shape index (κ1) is 8.61. The Labute approximate surface area is 80.2 Å². The lowest BCUT2D eigenvalue weighted by Crippen LogP contribution is -2.22. The molecular weight excluding hydrogens is 158 g/mol. The smallest absolute Gasteiger partial charge is 0.0405 e. The molecule has 1 N–H and O–H groups in total. The monoisotopic (exact) mass is 175 g/mol. The van der Waals surface area contributed by atoms with E-state index in [0.717, 1.165) is 12.5 Å². The summed E-state index contributed by atoms with van der Waals surface area (Å²) in [5.74, 6) is 0.771. The molecule has 0 fully saturated rings. The predicted molar refractivity (Wildman–Crippen MR) is 57.3 cm³/mol. The highest BCUT2D eigenvalue weighted by Gasteiger charge is 2.17. The Balaban J connectivity index is 2.51. The quantitative estimate of drug-likeness (QED) is 0.639. The molecule has 1 heterocycles. The minimum atomic E-state index is 0.771. The van der Waals surface area contributed by atoms with Crippen LogP contribution in [0.5, 0.6) is 0 Å². The fourth-order valence-corrected chi connectivity index (χ4v) is 2.08. The largest absolute Gasteiger partial charge is 0.384 e. The molecule has 1 aromatic carbocycles. The van der Waals surface area contributed by atoms with Gasteiger partial charge in [0.25, 0.3) is 0 Å². The fourth-order valence-electron chi connectivity index (χ4n) is 2.08. The van der Waals surface area contributed by atoms with Crippen LogP contribution in [-0.2, 0) is 6.42 Å². The second-order valence-electron chi connectivity index (χ2n) is 4.24. The lowest BCUT2D eigenvalue weighted by molar-refractivity contribution is 0.592. The topological polar surface area (TPSA) is 12.0 Å². The summed E-state index contributed by atoms with van der Waals surface area (Å²) in [4.78, 5) is 0. The highest BCUT2D eigenvalue weighted by atomic mass is 14.9. The first-order valence-corrected chi connectivity index (χ1v) is 5.01. The van der Waals surface area contributed by atoms with Crippen LogP contribution in [0.4, 0.5) is 5.69 Å². The van der Waals surface area contributed by atoms with E-state index in [2.05, 4.69) is 38.2 Å². The Morgan fingerprint density at radius 2 is 1.92 bits per heavy atom. The Morgan fingerprint density at radius 3 is 2.69 bits per heavy atom. The summed E-state index contributed by atoms with van der Waals surface area (Å²) in [7, 11) is 0. The van der Waals surface area contributed by atoms with E-state index >= 15 is 0 Å². The van der Waals surface area contributed by atoms with Crippen LogP contribution in [0.1, 0.15) is 23.6 Å². The number of fused-ring (bicyclic) bond motifs is 1. The van der Waals surface area contributed by atoms with E-state index in [1.54, 1.807) is 0 Å². The van der Waals surface area contributed by atoms with Crippen LogP contribution in [0.3, 0.4) is 0 Å². The standard InChI is InChI=1S/C12H17N/c1-8-6-11-9(2)4-5-10(3)12(11)13-7-8/h4-5,8,13H,6-7H2,1-3H3. The van der Waals surface area contributed by atoms with Crippen LogP contribution in [0, 0.1) is 19.8 Å². The number of rotatable bonds is 0. The van der Waals surface area contributed by atoms with Crippen LogP contribution in [-0.4, -0.2) is 6.54 Å². The lowest BCUT2D eigenvalue weighted by Gasteiger charge is -2.26. The summed E-state index contributed by atoms with van der Waals surface area (Å²) >= 11 is 0. The molecule has 1 heteroatoms. The second kappa shape index (κ2) is 3.06. The van der Waals surface area contributed by atoms with E-state index in [1.807, 2.05) is 0 Å². The summed E-state index contributed by atoms with van der Waals surface area (Å²) in [5.41, 5.74) is 5.73. The summed E-state index contributed by atoms with van der Waals surface area (Å²) in [6.45, 7) is 7.81. The van der Waals surface area contributed by atoms with Gasteiger partial charge in [-0.1, -0.05) is 19.1 Å². The average Bonchev–Trinajstić information content (AvgIpc) is 2.12. The van der Waals surface area contributed by atoms with E-state index in [9.17, 15) is 0 Å². The van der Waals surface area contributed by atoms with E-state index in [4.69, 9.17) is 0 Å². The maximum absolute atomic E-state index is 3.52. The number of benzene rings is 1. The Kier molecular flexibility index (Phi) is 2.03. The van der Waals surface area contributed by atoms with Crippen LogP contribution < -0.4 is 5.32 Å². The third-order valence-corrected chi connectivity index (χ3v) is 2.94. The molecule has 1 aromatic rings. The molecule has 0 aromatic heterocycles. The molecule has 2 rings (SSSR count). The lowest BCUT2D eigenvalue weighted by atomic mass is 9.90. The SMILES string of the molecule is Cc1ccc(C)c2c1CC(C)CN2. The van der Waals surface area contributed by atoms with E-state index in [-0.39, 0.29) is 0 Å². The predicted octanol–water partition coefficient (Wildman–Crippen LogP) is 2.91. The van der Waals surface area contributed by atoms with Crippen molar-refractivity contribution in [3.63, 3.8) is 0 Å². The summed E-state index contributed by atoms with van der Waals surface area (Å²) in [6, 6.07) is 4.44. The molecule has 13 heavy (non-hydrogen) atoms. The first-order chi connectivity index (χ1) is 6.18. The van der Waals surface area contributed by atoms with Crippen molar-refractivity contribution in [3.8, 4) is 0 Å². The molecule has 1 nitrogen and oxygen atoms in total. The highest BCUT2D eigenvalue weighted by Crippen LogP contribution is 2.30. The molecule has 1 aliphatic heterocycles. The molecule has 0 saturated heterocycles. The van der Waals surface area contributed by atoms with Gasteiger partial charge in [-0.05, 0) is 42.9 Å². The normalized spacial score (nSPS) is 20.7. The van der Waals surface area contributed by atoms with Crippen LogP contribution >= 0.6 is 0 Å². The molecule has 0 aliphatic carbocycles. The average molecular weight is 175 g/mol.